The van der Waals surface area contributed by atoms with Crippen molar-refractivity contribution in [1.29, 1.82) is 0 Å². The number of carbonyl (C=O) groups excluding carboxylic acids is 2. The topological polar surface area (TPSA) is 52.6 Å². The number of esters is 1. The molecule has 4 nitrogen and oxygen atoms in total. The standard InChI is InChI=1S/C22H42O4Si/c1-6-9-12-13-14-15-18-27(16-10-7-2,17-11-8-3)26-22(24)20(4)19-21(23)25-5/h4,6-19H2,1-3,5H3. The predicted molar refractivity (Wildman–Crippen MR) is 115 cm³/mol. The lowest BCUT2D eigenvalue weighted by Crippen LogP contribution is -2.41. The van der Waals surface area contributed by atoms with Gasteiger partial charge in [0.25, 0.3) is 8.32 Å². The molecule has 0 rings (SSSR count). The van der Waals surface area contributed by atoms with Gasteiger partial charge in [-0.3, -0.25) is 4.79 Å². The summed E-state index contributed by atoms with van der Waals surface area (Å²) in [6, 6.07) is 3.09. The van der Waals surface area contributed by atoms with E-state index in [9.17, 15) is 9.59 Å². The summed E-state index contributed by atoms with van der Waals surface area (Å²) in [5, 5.41) is 0. The van der Waals surface area contributed by atoms with Crippen LogP contribution in [0.5, 0.6) is 0 Å². The zero-order valence-electron chi connectivity index (χ0n) is 18.2. The van der Waals surface area contributed by atoms with Crippen LogP contribution in [0.4, 0.5) is 0 Å². The van der Waals surface area contributed by atoms with Gasteiger partial charge in [0.15, 0.2) is 0 Å². The predicted octanol–water partition coefficient (Wildman–Crippen LogP) is 6.56. The highest BCUT2D eigenvalue weighted by atomic mass is 28.4. The minimum atomic E-state index is -2.16. The van der Waals surface area contributed by atoms with Crippen molar-refractivity contribution < 1.29 is 18.8 Å². The largest absolute Gasteiger partial charge is 0.516 e. The molecule has 0 aromatic carbocycles. The lowest BCUT2D eigenvalue weighted by Gasteiger charge is -2.32. The van der Waals surface area contributed by atoms with Crippen LogP contribution in [0.2, 0.25) is 18.1 Å². The van der Waals surface area contributed by atoms with Crippen LogP contribution in [-0.4, -0.2) is 27.4 Å². The van der Waals surface area contributed by atoms with E-state index in [1.165, 1.54) is 39.2 Å². The molecule has 5 heteroatoms. The third-order valence-corrected chi connectivity index (χ3v) is 9.55. The average Bonchev–Trinajstić information content (AvgIpc) is 2.67. The van der Waals surface area contributed by atoms with E-state index in [0.29, 0.717) is 0 Å². The van der Waals surface area contributed by atoms with Crippen LogP contribution in [0.15, 0.2) is 12.2 Å². The van der Waals surface area contributed by atoms with E-state index in [1.54, 1.807) is 0 Å². The molecule has 0 spiro atoms. The van der Waals surface area contributed by atoms with E-state index in [4.69, 9.17) is 4.43 Å². The molecule has 0 aliphatic carbocycles. The van der Waals surface area contributed by atoms with E-state index in [1.807, 2.05) is 0 Å². The van der Waals surface area contributed by atoms with Crippen LogP contribution in [0.1, 0.15) is 91.4 Å². The zero-order chi connectivity index (χ0) is 20.5. The van der Waals surface area contributed by atoms with Crippen molar-refractivity contribution in [2.75, 3.05) is 7.11 Å². The molecule has 0 aromatic rings. The first-order valence-corrected chi connectivity index (χ1v) is 13.5. The summed E-state index contributed by atoms with van der Waals surface area (Å²) < 4.78 is 10.8. The molecule has 158 valence electrons. The third-order valence-electron chi connectivity index (χ3n) is 5.14. The molecule has 0 N–H and O–H groups in total. The monoisotopic (exact) mass is 398 g/mol. The van der Waals surface area contributed by atoms with E-state index >= 15 is 0 Å². The van der Waals surface area contributed by atoms with Gasteiger partial charge in [0, 0.05) is 5.57 Å². The number of unbranched alkanes of at least 4 members (excludes halogenated alkanes) is 7. The molecule has 0 saturated carbocycles. The SMILES string of the molecule is C=C(CC(=O)OC)C(=O)O[Si](CCCC)(CCCC)CCCCCCCC. The first-order chi connectivity index (χ1) is 12.9. The fourth-order valence-electron chi connectivity index (χ4n) is 3.34. The fourth-order valence-corrected chi connectivity index (χ4v) is 7.82. The Kier molecular flexibility index (Phi) is 15.3. The van der Waals surface area contributed by atoms with Crippen LogP contribution in [0, 0.1) is 0 Å². The van der Waals surface area contributed by atoms with E-state index in [2.05, 4.69) is 32.1 Å². The number of ether oxygens (including phenoxy) is 1. The molecule has 0 bridgehead atoms. The van der Waals surface area contributed by atoms with E-state index < -0.39 is 14.3 Å². The quantitative estimate of drug-likeness (QED) is 0.121. The van der Waals surface area contributed by atoms with E-state index in [0.717, 1.165) is 50.2 Å². The van der Waals surface area contributed by atoms with Crippen LogP contribution in [0.25, 0.3) is 0 Å². The highest BCUT2D eigenvalue weighted by molar-refractivity contribution is 6.75. The van der Waals surface area contributed by atoms with E-state index in [-0.39, 0.29) is 18.0 Å². The molecule has 0 aromatic heterocycles. The van der Waals surface area contributed by atoms with Crippen molar-refractivity contribution in [3.8, 4) is 0 Å². The molecule has 0 amide bonds. The maximum Gasteiger partial charge on any atom is 0.320 e. The molecular weight excluding hydrogens is 356 g/mol. The summed E-state index contributed by atoms with van der Waals surface area (Å²) in [6.45, 7) is 10.4. The third kappa shape index (κ3) is 12.1. The second-order valence-electron chi connectivity index (χ2n) is 7.65. The fraction of sp³-hybridized carbons (Fsp3) is 0.818. The molecule has 27 heavy (non-hydrogen) atoms. The Hall–Kier alpha value is -1.10. The maximum absolute atomic E-state index is 12.6. The Morgan fingerprint density at radius 1 is 0.778 bits per heavy atom. The van der Waals surface area contributed by atoms with Crippen LogP contribution < -0.4 is 0 Å². The lowest BCUT2D eigenvalue weighted by molar-refractivity contribution is -0.141. The molecule has 0 fully saturated rings. The second-order valence-corrected chi connectivity index (χ2v) is 11.7. The van der Waals surface area contributed by atoms with Crippen LogP contribution in [-0.2, 0) is 18.8 Å². The van der Waals surface area contributed by atoms with Gasteiger partial charge in [0.2, 0.25) is 0 Å². The van der Waals surface area contributed by atoms with Crippen molar-refractivity contribution in [3.05, 3.63) is 12.2 Å². The van der Waals surface area contributed by atoms with Crippen molar-refractivity contribution in [3.63, 3.8) is 0 Å². The Balaban J connectivity index is 4.95. The summed E-state index contributed by atoms with van der Waals surface area (Å²) in [6.07, 6.45) is 11.8. The van der Waals surface area contributed by atoms with Gasteiger partial charge in [-0.05, 0) is 18.1 Å². The van der Waals surface area contributed by atoms with Gasteiger partial charge in [-0.15, -0.1) is 0 Å². The highest BCUT2D eigenvalue weighted by Gasteiger charge is 2.37. The van der Waals surface area contributed by atoms with Gasteiger partial charge in [-0.25, -0.2) is 4.79 Å². The van der Waals surface area contributed by atoms with Crippen molar-refractivity contribution in [1.82, 2.24) is 0 Å². The normalized spacial score (nSPS) is 11.3. The summed E-state index contributed by atoms with van der Waals surface area (Å²) in [5.74, 6) is -0.826. The number of rotatable bonds is 17. The minimum Gasteiger partial charge on any atom is -0.516 e. The molecule has 0 aliphatic rings. The Bertz CT molecular complexity index is 426. The highest BCUT2D eigenvalue weighted by Crippen LogP contribution is 2.31. The summed E-state index contributed by atoms with van der Waals surface area (Å²) >= 11 is 0. The second kappa shape index (κ2) is 15.9. The zero-order valence-corrected chi connectivity index (χ0v) is 19.2. The number of carbonyl (C=O) groups is 2. The first kappa shape index (κ1) is 25.9. The number of hydrogen-bond donors (Lipinski definition) is 0. The van der Waals surface area contributed by atoms with Crippen molar-refractivity contribution in [2.45, 2.75) is 110 Å². The van der Waals surface area contributed by atoms with Gasteiger partial charge in [0.05, 0.1) is 13.5 Å². The number of hydrogen-bond acceptors (Lipinski definition) is 4. The Morgan fingerprint density at radius 3 is 1.78 bits per heavy atom. The molecule has 0 saturated heterocycles. The lowest BCUT2D eigenvalue weighted by atomic mass is 10.1. The molecule has 0 heterocycles. The molecule has 0 aliphatic heterocycles. The summed E-state index contributed by atoms with van der Waals surface area (Å²) in [7, 11) is -0.835. The summed E-state index contributed by atoms with van der Waals surface area (Å²) in [5.41, 5.74) is 0.217. The molecular formula is C22H42O4Si. The number of methoxy groups -OCH3 is 1. The van der Waals surface area contributed by atoms with Crippen molar-refractivity contribution >= 4 is 20.3 Å². The summed E-state index contributed by atoms with van der Waals surface area (Å²) in [4.78, 5) is 24.1. The molecule has 0 atom stereocenters. The van der Waals surface area contributed by atoms with Crippen LogP contribution >= 0.6 is 0 Å². The van der Waals surface area contributed by atoms with Gasteiger partial charge in [-0.2, -0.15) is 0 Å². The van der Waals surface area contributed by atoms with Crippen molar-refractivity contribution in [2.24, 2.45) is 0 Å². The molecule has 0 unspecified atom stereocenters. The average molecular weight is 399 g/mol. The smallest absolute Gasteiger partial charge is 0.320 e. The Labute approximate surface area is 168 Å². The van der Waals surface area contributed by atoms with Crippen LogP contribution in [0.3, 0.4) is 0 Å². The van der Waals surface area contributed by atoms with Gasteiger partial charge < -0.3 is 9.16 Å². The maximum atomic E-state index is 12.6. The first-order valence-electron chi connectivity index (χ1n) is 10.9. The van der Waals surface area contributed by atoms with Gasteiger partial charge >= 0.3 is 11.9 Å². The van der Waals surface area contributed by atoms with Gasteiger partial charge in [-0.1, -0.05) is 91.6 Å². The van der Waals surface area contributed by atoms with Gasteiger partial charge in [0.1, 0.15) is 0 Å². The Morgan fingerprint density at radius 2 is 1.26 bits per heavy atom. The minimum absolute atomic E-state index is 0.0849. The molecule has 0 radical (unpaired) electrons.